The lowest BCUT2D eigenvalue weighted by Gasteiger charge is -2.22. The van der Waals surface area contributed by atoms with Crippen LogP contribution in [0.5, 0.6) is 0 Å². The maximum Gasteiger partial charge on any atom is 0.243 e. The van der Waals surface area contributed by atoms with Crippen LogP contribution in [0.25, 0.3) is 0 Å². The van der Waals surface area contributed by atoms with Crippen molar-refractivity contribution >= 4 is 15.7 Å². The number of nitrogens with zero attached hydrogens (tertiary/aromatic N) is 1. The van der Waals surface area contributed by atoms with Gasteiger partial charge in [-0.2, -0.15) is 4.31 Å². The molecule has 1 heterocycles. The third-order valence-corrected chi connectivity index (χ3v) is 6.26. The van der Waals surface area contributed by atoms with Gasteiger partial charge in [0.05, 0.1) is 4.90 Å². The van der Waals surface area contributed by atoms with Crippen LogP contribution in [0, 0.1) is 19.8 Å². The molecule has 2 rings (SSSR count). The maximum atomic E-state index is 12.9. The number of nitrogens with two attached hydrogens (primary N) is 1. The molecule has 112 valence electrons. The van der Waals surface area contributed by atoms with Crippen LogP contribution in [0.2, 0.25) is 0 Å². The molecule has 0 saturated carbocycles. The zero-order valence-electron chi connectivity index (χ0n) is 12.5. The van der Waals surface area contributed by atoms with E-state index in [0.717, 1.165) is 30.4 Å². The van der Waals surface area contributed by atoms with Gasteiger partial charge in [-0.15, -0.1) is 0 Å². The van der Waals surface area contributed by atoms with E-state index in [0.29, 0.717) is 29.6 Å². The van der Waals surface area contributed by atoms with Gasteiger partial charge in [0.15, 0.2) is 0 Å². The maximum absolute atomic E-state index is 12.9. The fourth-order valence-electron chi connectivity index (χ4n) is 3.00. The van der Waals surface area contributed by atoms with E-state index in [1.807, 2.05) is 13.8 Å². The summed E-state index contributed by atoms with van der Waals surface area (Å²) >= 11 is 0. The molecule has 1 aromatic carbocycles. The van der Waals surface area contributed by atoms with E-state index >= 15 is 0 Å². The number of rotatable bonds is 2. The van der Waals surface area contributed by atoms with Gasteiger partial charge in [0.25, 0.3) is 0 Å². The average molecular weight is 296 g/mol. The predicted molar refractivity (Wildman–Crippen MR) is 82.1 cm³/mol. The predicted octanol–water partition coefficient (Wildman–Crippen LogP) is 2.70. The standard InChI is InChI=1S/C15H24N2O2S/c1-11-5-4-7-17(8-6-11)20(18,19)15-12(2)9-14(16)10-13(15)3/h9-11H,4-8,16H2,1-3H3. The first-order valence-corrected chi connectivity index (χ1v) is 8.63. The molecule has 1 unspecified atom stereocenters. The second-order valence-electron chi connectivity index (χ2n) is 5.92. The third-order valence-electron chi connectivity index (χ3n) is 4.06. The lowest BCUT2D eigenvalue weighted by Crippen LogP contribution is -2.33. The van der Waals surface area contributed by atoms with Crippen molar-refractivity contribution < 1.29 is 8.42 Å². The Kier molecular flexibility index (Phi) is 4.39. The molecule has 0 radical (unpaired) electrons. The van der Waals surface area contributed by atoms with Crippen LogP contribution in [0.1, 0.15) is 37.3 Å². The molecule has 0 bridgehead atoms. The second kappa shape index (κ2) is 5.74. The number of sulfonamides is 1. The molecule has 5 heteroatoms. The SMILES string of the molecule is Cc1cc(N)cc(C)c1S(=O)(=O)N1CCCC(C)CC1. The van der Waals surface area contributed by atoms with Gasteiger partial charge >= 0.3 is 0 Å². The summed E-state index contributed by atoms with van der Waals surface area (Å²) in [6, 6.07) is 3.47. The van der Waals surface area contributed by atoms with Gasteiger partial charge in [0.2, 0.25) is 10.0 Å². The molecule has 0 aliphatic carbocycles. The van der Waals surface area contributed by atoms with E-state index in [4.69, 9.17) is 5.73 Å². The highest BCUT2D eigenvalue weighted by molar-refractivity contribution is 7.89. The number of hydrogen-bond donors (Lipinski definition) is 1. The Morgan fingerprint density at radius 2 is 1.75 bits per heavy atom. The minimum absolute atomic E-state index is 0.432. The molecule has 0 aromatic heterocycles. The molecule has 20 heavy (non-hydrogen) atoms. The summed E-state index contributed by atoms with van der Waals surface area (Å²) in [6.07, 6.45) is 2.98. The Bertz CT molecular complexity index is 573. The zero-order valence-corrected chi connectivity index (χ0v) is 13.3. The lowest BCUT2D eigenvalue weighted by molar-refractivity contribution is 0.416. The molecule has 1 aliphatic heterocycles. The van der Waals surface area contributed by atoms with Crippen molar-refractivity contribution in [2.24, 2.45) is 5.92 Å². The summed E-state index contributed by atoms with van der Waals surface area (Å²) in [7, 11) is -3.41. The summed E-state index contributed by atoms with van der Waals surface area (Å²) in [6.45, 7) is 7.06. The van der Waals surface area contributed by atoms with Gasteiger partial charge in [-0.3, -0.25) is 0 Å². The van der Waals surface area contributed by atoms with Crippen molar-refractivity contribution in [3.05, 3.63) is 23.3 Å². The molecule has 2 N–H and O–H groups in total. The Balaban J connectivity index is 2.40. The van der Waals surface area contributed by atoms with Crippen LogP contribution in [0.4, 0.5) is 5.69 Å². The molecule has 0 amide bonds. The quantitative estimate of drug-likeness (QED) is 0.853. The van der Waals surface area contributed by atoms with Gasteiger partial charge in [0, 0.05) is 18.8 Å². The molecule has 1 fully saturated rings. The van der Waals surface area contributed by atoms with E-state index in [1.54, 1.807) is 16.4 Å². The molecule has 1 saturated heterocycles. The molecule has 4 nitrogen and oxygen atoms in total. The first-order chi connectivity index (χ1) is 9.32. The van der Waals surface area contributed by atoms with Crippen molar-refractivity contribution in [3.8, 4) is 0 Å². The van der Waals surface area contributed by atoms with E-state index in [2.05, 4.69) is 6.92 Å². The first-order valence-electron chi connectivity index (χ1n) is 7.19. The topological polar surface area (TPSA) is 63.4 Å². The zero-order chi connectivity index (χ0) is 14.9. The molecule has 1 aliphatic rings. The van der Waals surface area contributed by atoms with Crippen LogP contribution in [0.3, 0.4) is 0 Å². The number of aryl methyl sites for hydroxylation is 2. The molecule has 1 aromatic rings. The summed E-state index contributed by atoms with van der Waals surface area (Å²) in [5.41, 5.74) is 7.87. The van der Waals surface area contributed by atoms with Gasteiger partial charge in [-0.25, -0.2) is 8.42 Å². The minimum atomic E-state index is -3.41. The number of anilines is 1. The van der Waals surface area contributed by atoms with Crippen molar-refractivity contribution in [2.45, 2.75) is 44.9 Å². The van der Waals surface area contributed by atoms with Crippen LogP contribution in [-0.4, -0.2) is 25.8 Å². The second-order valence-corrected chi connectivity index (χ2v) is 7.80. The Morgan fingerprint density at radius 3 is 2.35 bits per heavy atom. The highest BCUT2D eigenvalue weighted by Gasteiger charge is 2.29. The average Bonchev–Trinajstić information content (AvgIpc) is 2.52. The number of nitrogen functional groups attached to an aromatic ring is 1. The molecule has 0 spiro atoms. The van der Waals surface area contributed by atoms with Crippen molar-refractivity contribution in [1.29, 1.82) is 0 Å². The smallest absolute Gasteiger partial charge is 0.243 e. The van der Waals surface area contributed by atoms with Crippen LogP contribution in [0.15, 0.2) is 17.0 Å². The van der Waals surface area contributed by atoms with E-state index in [1.165, 1.54) is 0 Å². The molecular weight excluding hydrogens is 272 g/mol. The van der Waals surface area contributed by atoms with Crippen LogP contribution < -0.4 is 5.73 Å². The number of benzene rings is 1. The normalized spacial score (nSPS) is 21.6. The largest absolute Gasteiger partial charge is 0.399 e. The third kappa shape index (κ3) is 2.99. The van der Waals surface area contributed by atoms with Gasteiger partial charge in [-0.05, 0) is 62.3 Å². The van der Waals surface area contributed by atoms with Gasteiger partial charge in [0.1, 0.15) is 0 Å². The van der Waals surface area contributed by atoms with Crippen molar-refractivity contribution in [1.82, 2.24) is 4.31 Å². The molecular formula is C15H24N2O2S. The Morgan fingerprint density at radius 1 is 1.15 bits per heavy atom. The van der Waals surface area contributed by atoms with E-state index in [9.17, 15) is 8.42 Å². The number of hydrogen-bond acceptors (Lipinski definition) is 3. The minimum Gasteiger partial charge on any atom is -0.399 e. The van der Waals surface area contributed by atoms with E-state index < -0.39 is 10.0 Å². The van der Waals surface area contributed by atoms with Crippen LogP contribution >= 0.6 is 0 Å². The van der Waals surface area contributed by atoms with Crippen molar-refractivity contribution in [2.75, 3.05) is 18.8 Å². The fourth-order valence-corrected chi connectivity index (χ4v) is 4.90. The van der Waals surface area contributed by atoms with Gasteiger partial charge in [-0.1, -0.05) is 6.92 Å². The first kappa shape index (κ1) is 15.3. The Labute approximate surface area is 122 Å². The summed E-state index contributed by atoms with van der Waals surface area (Å²) in [5.74, 6) is 0.601. The highest BCUT2D eigenvalue weighted by atomic mass is 32.2. The molecule has 1 atom stereocenters. The summed E-state index contributed by atoms with van der Waals surface area (Å²) in [4.78, 5) is 0.432. The lowest BCUT2D eigenvalue weighted by atomic mass is 10.0. The summed E-state index contributed by atoms with van der Waals surface area (Å²) in [5, 5.41) is 0. The van der Waals surface area contributed by atoms with Gasteiger partial charge < -0.3 is 5.73 Å². The Hall–Kier alpha value is -1.07. The van der Waals surface area contributed by atoms with Crippen LogP contribution in [-0.2, 0) is 10.0 Å². The van der Waals surface area contributed by atoms with Crippen molar-refractivity contribution in [3.63, 3.8) is 0 Å². The fraction of sp³-hybridized carbons (Fsp3) is 0.600. The monoisotopic (exact) mass is 296 g/mol. The summed E-state index contributed by atoms with van der Waals surface area (Å²) < 4.78 is 27.4. The van der Waals surface area contributed by atoms with E-state index in [-0.39, 0.29) is 0 Å². The highest BCUT2D eigenvalue weighted by Crippen LogP contribution is 2.28.